The summed E-state index contributed by atoms with van der Waals surface area (Å²) in [5, 5.41) is 0. The van der Waals surface area contributed by atoms with Crippen LogP contribution in [0.4, 0.5) is 0 Å². The smallest absolute Gasteiger partial charge is 0.0193 e. The first-order chi connectivity index (χ1) is 6.20. The number of thioether (sulfide) groups is 1. The molecule has 0 nitrogen and oxygen atoms in total. The fraction of sp³-hybridized carbons (Fsp3) is 0.500. The standard InChI is InChI=1S/C12H16S/c1-8(2)10-5-4-9(3)11-6-13-7-12(10)11/h4-5,8H,6-7H2,1-3H3. The third-order valence-corrected chi connectivity index (χ3v) is 3.80. The summed E-state index contributed by atoms with van der Waals surface area (Å²) in [6, 6.07) is 4.59. The molecule has 1 aromatic carbocycles. The maximum Gasteiger partial charge on any atom is 0.0193 e. The van der Waals surface area contributed by atoms with Gasteiger partial charge in [-0.2, -0.15) is 11.8 Å². The molecule has 1 aliphatic rings. The minimum Gasteiger partial charge on any atom is -0.152 e. The summed E-state index contributed by atoms with van der Waals surface area (Å²) < 4.78 is 0. The minimum atomic E-state index is 0.674. The van der Waals surface area contributed by atoms with Gasteiger partial charge < -0.3 is 0 Å². The molecule has 0 amide bonds. The number of aryl methyl sites for hydroxylation is 1. The van der Waals surface area contributed by atoms with Crippen LogP contribution in [0.3, 0.4) is 0 Å². The first kappa shape index (κ1) is 9.14. The van der Waals surface area contributed by atoms with Crippen molar-refractivity contribution >= 4 is 11.8 Å². The van der Waals surface area contributed by atoms with Gasteiger partial charge in [-0.05, 0) is 35.1 Å². The van der Waals surface area contributed by atoms with Crippen molar-refractivity contribution in [3.63, 3.8) is 0 Å². The van der Waals surface area contributed by atoms with Crippen LogP contribution in [-0.4, -0.2) is 0 Å². The Labute approximate surface area is 84.7 Å². The number of rotatable bonds is 1. The van der Waals surface area contributed by atoms with Crippen molar-refractivity contribution in [3.8, 4) is 0 Å². The van der Waals surface area contributed by atoms with Crippen LogP contribution >= 0.6 is 11.8 Å². The predicted octanol–water partition coefficient (Wildman–Crippen LogP) is 3.87. The zero-order valence-corrected chi connectivity index (χ0v) is 9.37. The van der Waals surface area contributed by atoms with E-state index in [4.69, 9.17) is 0 Å². The molecule has 0 atom stereocenters. The molecule has 0 fully saturated rings. The average Bonchev–Trinajstić information content (AvgIpc) is 2.53. The summed E-state index contributed by atoms with van der Waals surface area (Å²) in [5.41, 5.74) is 6.27. The van der Waals surface area contributed by atoms with Crippen LogP contribution in [-0.2, 0) is 11.5 Å². The van der Waals surface area contributed by atoms with E-state index in [0.717, 1.165) is 0 Å². The molecule has 1 heterocycles. The Kier molecular flexibility index (Phi) is 2.37. The largest absolute Gasteiger partial charge is 0.152 e. The molecule has 0 aromatic heterocycles. The van der Waals surface area contributed by atoms with E-state index in [2.05, 4.69) is 32.9 Å². The van der Waals surface area contributed by atoms with E-state index in [1.807, 2.05) is 11.8 Å². The second kappa shape index (κ2) is 3.38. The maximum absolute atomic E-state index is 2.31. The lowest BCUT2D eigenvalue weighted by Gasteiger charge is -2.12. The highest BCUT2D eigenvalue weighted by atomic mass is 32.2. The molecule has 13 heavy (non-hydrogen) atoms. The highest BCUT2D eigenvalue weighted by Crippen LogP contribution is 2.36. The Bertz CT molecular complexity index is 326. The van der Waals surface area contributed by atoms with Gasteiger partial charge in [-0.3, -0.25) is 0 Å². The molecule has 1 aliphatic heterocycles. The molecular formula is C12H16S. The highest BCUT2D eigenvalue weighted by molar-refractivity contribution is 7.98. The van der Waals surface area contributed by atoms with E-state index in [1.54, 1.807) is 16.7 Å². The van der Waals surface area contributed by atoms with E-state index in [1.165, 1.54) is 17.1 Å². The van der Waals surface area contributed by atoms with Crippen LogP contribution in [0.25, 0.3) is 0 Å². The second-order valence-electron chi connectivity index (χ2n) is 4.08. The summed E-state index contributed by atoms with van der Waals surface area (Å²) in [5.74, 6) is 3.12. The lowest BCUT2D eigenvalue weighted by atomic mass is 9.92. The molecule has 0 aliphatic carbocycles. The fourth-order valence-electron chi connectivity index (χ4n) is 2.00. The van der Waals surface area contributed by atoms with Crippen molar-refractivity contribution in [2.45, 2.75) is 38.2 Å². The van der Waals surface area contributed by atoms with Gasteiger partial charge in [-0.25, -0.2) is 0 Å². The van der Waals surface area contributed by atoms with Gasteiger partial charge in [-0.1, -0.05) is 26.0 Å². The molecule has 0 saturated carbocycles. The van der Waals surface area contributed by atoms with Gasteiger partial charge in [0.2, 0.25) is 0 Å². The summed E-state index contributed by atoms with van der Waals surface area (Å²) in [7, 11) is 0. The van der Waals surface area contributed by atoms with Crippen molar-refractivity contribution in [3.05, 3.63) is 34.4 Å². The fourth-order valence-corrected chi connectivity index (χ4v) is 3.25. The number of hydrogen-bond donors (Lipinski definition) is 0. The van der Waals surface area contributed by atoms with Crippen molar-refractivity contribution in [1.29, 1.82) is 0 Å². The SMILES string of the molecule is Cc1ccc(C(C)C)c2c1CSC2. The molecule has 0 bridgehead atoms. The summed E-state index contributed by atoms with van der Waals surface area (Å²) in [4.78, 5) is 0. The van der Waals surface area contributed by atoms with Crippen molar-refractivity contribution in [2.24, 2.45) is 0 Å². The summed E-state index contributed by atoms with van der Waals surface area (Å²) >= 11 is 2.05. The van der Waals surface area contributed by atoms with Crippen molar-refractivity contribution < 1.29 is 0 Å². The van der Waals surface area contributed by atoms with Crippen molar-refractivity contribution in [1.82, 2.24) is 0 Å². The van der Waals surface area contributed by atoms with Gasteiger partial charge in [0.1, 0.15) is 0 Å². The molecule has 70 valence electrons. The van der Waals surface area contributed by atoms with E-state index in [-0.39, 0.29) is 0 Å². The van der Waals surface area contributed by atoms with Gasteiger partial charge >= 0.3 is 0 Å². The Hall–Kier alpha value is -0.430. The van der Waals surface area contributed by atoms with E-state index in [0.29, 0.717) is 5.92 Å². The highest BCUT2D eigenvalue weighted by Gasteiger charge is 2.18. The number of benzene rings is 1. The van der Waals surface area contributed by atoms with Gasteiger partial charge in [0, 0.05) is 11.5 Å². The van der Waals surface area contributed by atoms with Gasteiger partial charge in [0.15, 0.2) is 0 Å². The summed E-state index contributed by atoms with van der Waals surface area (Å²) in [6.45, 7) is 6.80. The normalized spacial score (nSPS) is 15.1. The van der Waals surface area contributed by atoms with E-state index < -0.39 is 0 Å². The van der Waals surface area contributed by atoms with Gasteiger partial charge in [0.25, 0.3) is 0 Å². The molecule has 0 saturated heterocycles. The molecule has 1 aromatic rings. The van der Waals surface area contributed by atoms with Crippen LogP contribution in [0.1, 0.15) is 42.0 Å². The third kappa shape index (κ3) is 1.50. The maximum atomic E-state index is 2.31. The number of fused-ring (bicyclic) bond motifs is 1. The molecule has 0 spiro atoms. The molecule has 2 rings (SSSR count). The Morgan fingerprint density at radius 1 is 1.15 bits per heavy atom. The minimum absolute atomic E-state index is 0.674. The van der Waals surface area contributed by atoms with E-state index >= 15 is 0 Å². The zero-order valence-electron chi connectivity index (χ0n) is 8.55. The first-order valence-electron chi connectivity index (χ1n) is 4.89. The van der Waals surface area contributed by atoms with Crippen LogP contribution in [0.2, 0.25) is 0 Å². The predicted molar refractivity (Wildman–Crippen MR) is 60.3 cm³/mol. The summed E-state index contributed by atoms with van der Waals surface area (Å²) in [6.07, 6.45) is 0. The van der Waals surface area contributed by atoms with Crippen LogP contribution in [0, 0.1) is 6.92 Å². The monoisotopic (exact) mass is 192 g/mol. The Morgan fingerprint density at radius 2 is 1.85 bits per heavy atom. The third-order valence-electron chi connectivity index (χ3n) is 2.82. The molecular weight excluding hydrogens is 176 g/mol. The van der Waals surface area contributed by atoms with Crippen LogP contribution in [0.5, 0.6) is 0 Å². The molecule has 1 heteroatoms. The molecule has 0 N–H and O–H groups in total. The molecule has 0 unspecified atom stereocenters. The van der Waals surface area contributed by atoms with Crippen LogP contribution in [0.15, 0.2) is 12.1 Å². The average molecular weight is 192 g/mol. The zero-order chi connectivity index (χ0) is 9.42. The lowest BCUT2D eigenvalue weighted by Crippen LogP contribution is -1.97. The number of hydrogen-bond acceptors (Lipinski definition) is 1. The second-order valence-corrected chi connectivity index (χ2v) is 5.06. The molecule has 0 radical (unpaired) electrons. The van der Waals surface area contributed by atoms with Crippen molar-refractivity contribution in [2.75, 3.05) is 0 Å². The Morgan fingerprint density at radius 3 is 2.54 bits per heavy atom. The van der Waals surface area contributed by atoms with E-state index in [9.17, 15) is 0 Å². The van der Waals surface area contributed by atoms with Gasteiger partial charge in [-0.15, -0.1) is 0 Å². The first-order valence-corrected chi connectivity index (χ1v) is 6.04. The van der Waals surface area contributed by atoms with Crippen LogP contribution < -0.4 is 0 Å². The van der Waals surface area contributed by atoms with Gasteiger partial charge in [0.05, 0.1) is 0 Å². The topological polar surface area (TPSA) is 0 Å². The quantitative estimate of drug-likeness (QED) is 0.651. The lowest BCUT2D eigenvalue weighted by molar-refractivity contribution is 0.852. The Balaban J connectivity index is 2.56.